The summed E-state index contributed by atoms with van der Waals surface area (Å²) < 4.78 is 5.33. The van der Waals surface area contributed by atoms with E-state index >= 15 is 0 Å². The average Bonchev–Trinajstić information content (AvgIpc) is 2.95. The first-order valence-corrected chi connectivity index (χ1v) is 9.03. The fourth-order valence-corrected chi connectivity index (χ4v) is 3.39. The van der Waals surface area contributed by atoms with Crippen LogP contribution in [0.4, 0.5) is 5.69 Å². The maximum atomic E-state index is 12.5. The molecule has 7 heteroatoms. The van der Waals surface area contributed by atoms with Gasteiger partial charge in [0, 0.05) is 7.05 Å². The number of aliphatic imine (C=N–C) groups is 1. The van der Waals surface area contributed by atoms with Gasteiger partial charge in [-0.3, -0.25) is 9.69 Å². The van der Waals surface area contributed by atoms with E-state index in [1.54, 1.807) is 37.4 Å². The van der Waals surface area contributed by atoms with E-state index in [1.807, 2.05) is 12.1 Å². The third-order valence-electron chi connectivity index (χ3n) is 3.81. The molecule has 3 rings (SSSR count). The summed E-state index contributed by atoms with van der Waals surface area (Å²) >= 11 is 1.22. The first-order chi connectivity index (χ1) is 13.5. The van der Waals surface area contributed by atoms with Gasteiger partial charge in [-0.05, 0) is 53.2 Å². The number of hydrogen-bond acceptors (Lipinski definition) is 6. The minimum Gasteiger partial charge on any atom is -0.545 e. The van der Waals surface area contributed by atoms with Crippen LogP contribution < -0.4 is 9.84 Å². The van der Waals surface area contributed by atoms with Gasteiger partial charge in [0.15, 0.2) is 5.17 Å². The Morgan fingerprint density at radius 1 is 1.32 bits per heavy atom. The van der Waals surface area contributed by atoms with Crippen LogP contribution in [0, 0.1) is 12.3 Å². The molecule has 0 radical (unpaired) electrons. The Bertz CT molecular complexity index is 1020. The van der Waals surface area contributed by atoms with Gasteiger partial charge in [0.2, 0.25) is 0 Å². The molecule has 0 aliphatic carbocycles. The number of carbonyl (C=O) groups is 2. The molecule has 0 spiro atoms. The Balaban J connectivity index is 1.81. The van der Waals surface area contributed by atoms with Gasteiger partial charge < -0.3 is 14.6 Å². The number of ether oxygens (including phenoxy) is 1. The highest BCUT2D eigenvalue weighted by Crippen LogP contribution is 2.33. The number of carboxylic acid groups (broad SMARTS) is 1. The second-order valence-corrected chi connectivity index (χ2v) is 6.78. The topological polar surface area (TPSA) is 82.0 Å². The lowest BCUT2D eigenvalue weighted by Gasteiger charge is -2.08. The molecule has 0 aromatic heterocycles. The van der Waals surface area contributed by atoms with Gasteiger partial charge in [-0.15, -0.1) is 6.42 Å². The highest BCUT2D eigenvalue weighted by Gasteiger charge is 2.30. The smallest absolute Gasteiger partial charge is 0.266 e. The minimum atomic E-state index is -1.28. The third kappa shape index (κ3) is 4.42. The SMILES string of the molecule is C#CCOc1ccc(/C=C2\SC(=Nc3cccc(C(=O)[O-])c3)N(C)C2=O)cc1. The van der Waals surface area contributed by atoms with E-state index in [0.717, 1.165) is 5.56 Å². The maximum Gasteiger partial charge on any atom is 0.266 e. The molecular weight excluding hydrogens is 376 g/mol. The van der Waals surface area contributed by atoms with Crippen molar-refractivity contribution in [1.82, 2.24) is 4.90 Å². The van der Waals surface area contributed by atoms with E-state index in [4.69, 9.17) is 11.2 Å². The fourth-order valence-electron chi connectivity index (χ4n) is 2.40. The maximum absolute atomic E-state index is 12.5. The van der Waals surface area contributed by atoms with Gasteiger partial charge in [-0.1, -0.05) is 30.2 Å². The molecule has 28 heavy (non-hydrogen) atoms. The van der Waals surface area contributed by atoms with Crippen molar-refractivity contribution >= 4 is 40.6 Å². The van der Waals surface area contributed by atoms with E-state index < -0.39 is 5.97 Å². The lowest BCUT2D eigenvalue weighted by atomic mass is 10.2. The summed E-state index contributed by atoms with van der Waals surface area (Å²) in [5.41, 5.74) is 1.29. The number of rotatable bonds is 5. The zero-order valence-electron chi connectivity index (χ0n) is 14.9. The monoisotopic (exact) mass is 391 g/mol. The minimum absolute atomic E-state index is 0.0294. The van der Waals surface area contributed by atoms with Crippen LogP contribution >= 0.6 is 11.8 Å². The Morgan fingerprint density at radius 2 is 2.07 bits per heavy atom. The molecule has 1 saturated heterocycles. The molecule has 1 amide bonds. The quantitative estimate of drug-likeness (QED) is 0.577. The van der Waals surface area contributed by atoms with Crippen LogP contribution in [-0.2, 0) is 4.79 Å². The summed E-state index contributed by atoms with van der Waals surface area (Å²) in [6.07, 6.45) is 6.92. The molecule has 6 nitrogen and oxygen atoms in total. The van der Waals surface area contributed by atoms with Crippen molar-refractivity contribution < 1.29 is 19.4 Å². The Labute approximate surface area is 166 Å². The molecule has 1 aliphatic heterocycles. The second-order valence-electron chi connectivity index (χ2n) is 5.77. The van der Waals surface area contributed by atoms with E-state index in [9.17, 15) is 14.7 Å². The Hall–Kier alpha value is -3.50. The zero-order chi connectivity index (χ0) is 20.1. The van der Waals surface area contributed by atoms with E-state index in [1.165, 1.54) is 28.8 Å². The fraction of sp³-hybridized carbons (Fsp3) is 0.0952. The van der Waals surface area contributed by atoms with Crippen molar-refractivity contribution in [1.29, 1.82) is 0 Å². The van der Waals surface area contributed by atoms with Gasteiger partial charge in [0.25, 0.3) is 5.91 Å². The number of amidine groups is 1. The first kappa shape index (κ1) is 19.3. The van der Waals surface area contributed by atoms with E-state index in [0.29, 0.717) is 21.5 Å². The zero-order valence-corrected chi connectivity index (χ0v) is 15.7. The number of hydrogen-bond donors (Lipinski definition) is 0. The Morgan fingerprint density at radius 3 is 2.75 bits per heavy atom. The lowest BCUT2D eigenvalue weighted by Crippen LogP contribution is -2.23. The highest BCUT2D eigenvalue weighted by molar-refractivity contribution is 8.18. The van der Waals surface area contributed by atoms with Gasteiger partial charge >= 0.3 is 0 Å². The first-order valence-electron chi connectivity index (χ1n) is 8.22. The van der Waals surface area contributed by atoms with Crippen molar-refractivity contribution in [3.8, 4) is 18.1 Å². The summed E-state index contributed by atoms with van der Waals surface area (Å²) in [6.45, 7) is 0.193. The largest absolute Gasteiger partial charge is 0.545 e. The number of carboxylic acids is 1. The third-order valence-corrected chi connectivity index (χ3v) is 4.87. The summed E-state index contributed by atoms with van der Waals surface area (Å²) in [4.78, 5) is 29.8. The van der Waals surface area contributed by atoms with Gasteiger partial charge in [-0.25, -0.2) is 4.99 Å². The molecule has 140 valence electrons. The summed E-state index contributed by atoms with van der Waals surface area (Å²) in [5.74, 6) is 1.58. The number of benzene rings is 2. The summed E-state index contributed by atoms with van der Waals surface area (Å²) in [5, 5.41) is 11.4. The van der Waals surface area contributed by atoms with E-state index in [-0.39, 0.29) is 18.1 Å². The number of nitrogens with zero attached hydrogens (tertiary/aromatic N) is 2. The molecule has 0 bridgehead atoms. The predicted molar refractivity (Wildman–Crippen MR) is 107 cm³/mol. The van der Waals surface area contributed by atoms with Crippen molar-refractivity contribution in [2.45, 2.75) is 0 Å². The molecule has 1 heterocycles. The molecule has 0 N–H and O–H groups in total. The van der Waals surface area contributed by atoms with Crippen LogP contribution in [0.1, 0.15) is 15.9 Å². The molecule has 2 aromatic rings. The molecule has 0 saturated carbocycles. The van der Waals surface area contributed by atoms with Gasteiger partial charge in [0.05, 0.1) is 16.6 Å². The molecule has 0 atom stereocenters. The number of terminal acetylenes is 1. The molecule has 0 unspecified atom stereocenters. The van der Waals surface area contributed by atoms with Gasteiger partial charge in [-0.2, -0.15) is 0 Å². The molecule has 2 aromatic carbocycles. The standard InChI is InChI=1S/C21H16N2O4S/c1-3-11-27-17-9-7-14(8-10-17)12-18-19(24)23(2)21(28-18)22-16-6-4-5-15(13-16)20(25)26/h1,4-10,12-13H,11H2,2H3,(H,25,26)/p-1/b18-12-,22-21?. The summed E-state index contributed by atoms with van der Waals surface area (Å²) in [7, 11) is 1.62. The van der Waals surface area contributed by atoms with Crippen LogP contribution in [-0.4, -0.2) is 35.6 Å². The Kier molecular flexibility index (Phi) is 5.82. The number of carbonyl (C=O) groups excluding carboxylic acids is 2. The normalized spacial score (nSPS) is 16.4. The van der Waals surface area contributed by atoms with Crippen molar-refractivity contribution in [2.75, 3.05) is 13.7 Å². The average molecular weight is 391 g/mol. The lowest BCUT2D eigenvalue weighted by molar-refractivity contribution is -0.255. The van der Waals surface area contributed by atoms with Crippen LogP contribution in [0.15, 0.2) is 58.4 Å². The molecule has 1 aliphatic rings. The van der Waals surface area contributed by atoms with Crippen LogP contribution in [0.2, 0.25) is 0 Å². The van der Waals surface area contributed by atoms with Crippen molar-refractivity contribution in [3.05, 3.63) is 64.6 Å². The molecule has 1 fully saturated rings. The number of likely N-dealkylation sites (N-methyl/N-ethyl adjacent to an activating group) is 1. The van der Waals surface area contributed by atoms with Gasteiger partial charge in [0.1, 0.15) is 12.4 Å². The number of aromatic carboxylic acids is 1. The molecular formula is C21H15N2O4S-. The predicted octanol–water partition coefficient (Wildman–Crippen LogP) is 2.30. The summed E-state index contributed by atoms with van der Waals surface area (Å²) in [6, 6.07) is 13.3. The van der Waals surface area contributed by atoms with Crippen LogP contribution in [0.3, 0.4) is 0 Å². The second kappa shape index (κ2) is 8.46. The number of thioether (sulfide) groups is 1. The van der Waals surface area contributed by atoms with E-state index in [2.05, 4.69) is 10.9 Å². The number of amides is 1. The van der Waals surface area contributed by atoms with Crippen LogP contribution in [0.25, 0.3) is 6.08 Å². The highest BCUT2D eigenvalue weighted by atomic mass is 32.2. The van der Waals surface area contributed by atoms with Crippen LogP contribution in [0.5, 0.6) is 5.75 Å². The van der Waals surface area contributed by atoms with Crippen molar-refractivity contribution in [2.24, 2.45) is 4.99 Å². The van der Waals surface area contributed by atoms with Crippen molar-refractivity contribution in [3.63, 3.8) is 0 Å².